The van der Waals surface area contributed by atoms with Gasteiger partial charge in [-0.2, -0.15) is 5.26 Å². The molecular formula is C27H26N4O2S. The summed E-state index contributed by atoms with van der Waals surface area (Å²) in [6, 6.07) is 24.7. The van der Waals surface area contributed by atoms with Gasteiger partial charge in [0.2, 0.25) is 5.91 Å². The fourth-order valence-corrected chi connectivity index (χ4v) is 5.12. The first-order valence-electron chi connectivity index (χ1n) is 11.2. The van der Waals surface area contributed by atoms with Crippen molar-refractivity contribution < 1.29 is 9.59 Å². The molecule has 0 saturated carbocycles. The zero-order valence-corrected chi connectivity index (χ0v) is 19.6. The van der Waals surface area contributed by atoms with Crippen molar-refractivity contribution >= 4 is 29.3 Å². The molecule has 0 aromatic heterocycles. The third kappa shape index (κ3) is 5.84. The molecule has 172 valence electrons. The number of nitrogens with zero attached hydrogens (tertiary/aromatic N) is 2. The molecule has 0 spiro atoms. The highest BCUT2D eigenvalue weighted by molar-refractivity contribution is 7.99. The molecule has 2 amide bonds. The Morgan fingerprint density at radius 3 is 2.47 bits per heavy atom. The van der Waals surface area contributed by atoms with Gasteiger partial charge in [0.1, 0.15) is 6.07 Å². The Kier molecular flexibility index (Phi) is 7.63. The standard InChI is InChI=1S/C27H26N4O2S/c28-16-20-6-1-3-9-24(20)34-25-10-4-2-8-23(25)27(33)30-22-13-11-19(12-14-22)17-31-15-5-7-21(18-31)26(29)32/h1-4,6,8-14,21H,5,7,15,17-18H2,(H2,29,32)(H,30,33). The highest BCUT2D eigenvalue weighted by Gasteiger charge is 2.23. The van der Waals surface area contributed by atoms with Crippen LogP contribution in [0.15, 0.2) is 82.6 Å². The van der Waals surface area contributed by atoms with E-state index in [2.05, 4.69) is 16.3 Å². The van der Waals surface area contributed by atoms with Crippen LogP contribution in [0.25, 0.3) is 0 Å². The van der Waals surface area contributed by atoms with E-state index in [1.807, 2.05) is 60.7 Å². The van der Waals surface area contributed by atoms with E-state index >= 15 is 0 Å². The second-order valence-electron chi connectivity index (χ2n) is 8.33. The van der Waals surface area contributed by atoms with E-state index in [1.54, 1.807) is 12.1 Å². The number of nitrogens with one attached hydrogen (secondary N) is 1. The molecule has 4 rings (SSSR count). The van der Waals surface area contributed by atoms with E-state index in [0.29, 0.717) is 23.4 Å². The van der Waals surface area contributed by atoms with Gasteiger partial charge in [-0.05, 0) is 61.3 Å². The van der Waals surface area contributed by atoms with Gasteiger partial charge < -0.3 is 11.1 Å². The molecule has 0 radical (unpaired) electrons. The predicted molar refractivity (Wildman–Crippen MR) is 133 cm³/mol. The van der Waals surface area contributed by atoms with Gasteiger partial charge in [0.05, 0.1) is 17.0 Å². The Balaban J connectivity index is 1.42. The van der Waals surface area contributed by atoms with Crippen LogP contribution >= 0.6 is 11.8 Å². The number of carbonyl (C=O) groups excluding carboxylic acids is 2. The number of hydrogen-bond acceptors (Lipinski definition) is 5. The van der Waals surface area contributed by atoms with Crippen molar-refractivity contribution in [3.8, 4) is 6.07 Å². The van der Waals surface area contributed by atoms with Gasteiger partial charge in [-0.1, -0.05) is 48.2 Å². The average molecular weight is 471 g/mol. The zero-order valence-electron chi connectivity index (χ0n) is 18.7. The summed E-state index contributed by atoms with van der Waals surface area (Å²) in [5.74, 6) is -0.506. The van der Waals surface area contributed by atoms with Gasteiger partial charge in [0, 0.05) is 28.6 Å². The van der Waals surface area contributed by atoms with Crippen molar-refractivity contribution in [1.82, 2.24) is 4.90 Å². The maximum absolute atomic E-state index is 13.0. The number of benzene rings is 3. The molecule has 34 heavy (non-hydrogen) atoms. The Labute approximate surface area is 203 Å². The first-order chi connectivity index (χ1) is 16.5. The minimum atomic E-state index is -0.225. The lowest BCUT2D eigenvalue weighted by molar-refractivity contribution is -0.123. The average Bonchev–Trinajstić information content (AvgIpc) is 2.86. The molecule has 1 unspecified atom stereocenters. The fourth-order valence-electron chi connectivity index (χ4n) is 4.09. The van der Waals surface area contributed by atoms with Crippen LogP contribution in [0, 0.1) is 17.2 Å². The van der Waals surface area contributed by atoms with Crippen LogP contribution in [-0.4, -0.2) is 29.8 Å². The lowest BCUT2D eigenvalue weighted by Gasteiger charge is -2.31. The van der Waals surface area contributed by atoms with E-state index < -0.39 is 0 Å². The maximum atomic E-state index is 13.0. The van der Waals surface area contributed by atoms with Crippen LogP contribution in [0.5, 0.6) is 0 Å². The minimum absolute atomic E-state index is 0.0784. The van der Waals surface area contributed by atoms with E-state index in [-0.39, 0.29) is 17.7 Å². The number of carbonyl (C=O) groups is 2. The van der Waals surface area contributed by atoms with Crippen molar-refractivity contribution in [2.45, 2.75) is 29.2 Å². The normalized spacial score (nSPS) is 15.9. The SMILES string of the molecule is N#Cc1ccccc1Sc1ccccc1C(=O)Nc1ccc(CN2CCCC(C(N)=O)C2)cc1. The molecule has 7 heteroatoms. The van der Waals surface area contributed by atoms with E-state index in [4.69, 9.17) is 5.73 Å². The number of nitrogens with two attached hydrogens (primary N) is 1. The second kappa shape index (κ2) is 11.0. The molecule has 1 heterocycles. The van der Waals surface area contributed by atoms with Crippen LogP contribution in [0.2, 0.25) is 0 Å². The van der Waals surface area contributed by atoms with E-state index in [0.717, 1.165) is 41.3 Å². The zero-order chi connectivity index (χ0) is 23.9. The number of anilines is 1. The number of likely N-dealkylation sites (tertiary alicyclic amines) is 1. The topological polar surface area (TPSA) is 99.2 Å². The number of piperidine rings is 1. The van der Waals surface area contributed by atoms with Crippen molar-refractivity contribution in [2.75, 3.05) is 18.4 Å². The van der Waals surface area contributed by atoms with Gasteiger partial charge >= 0.3 is 0 Å². The molecule has 6 nitrogen and oxygen atoms in total. The van der Waals surface area contributed by atoms with Crippen molar-refractivity contribution in [2.24, 2.45) is 11.7 Å². The molecule has 0 aliphatic carbocycles. The van der Waals surface area contributed by atoms with Gasteiger partial charge in [0.25, 0.3) is 5.91 Å². The quantitative estimate of drug-likeness (QED) is 0.523. The van der Waals surface area contributed by atoms with Gasteiger partial charge in [-0.15, -0.1) is 0 Å². The van der Waals surface area contributed by atoms with Crippen LogP contribution in [0.4, 0.5) is 5.69 Å². The molecule has 0 bridgehead atoms. The third-order valence-corrected chi connectivity index (χ3v) is 7.04. The van der Waals surface area contributed by atoms with Crippen LogP contribution < -0.4 is 11.1 Å². The molecule has 1 fully saturated rings. The van der Waals surface area contributed by atoms with E-state index in [1.165, 1.54) is 11.8 Å². The molecule has 1 saturated heterocycles. The molecule has 1 aliphatic rings. The summed E-state index contributed by atoms with van der Waals surface area (Å²) in [5.41, 5.74) is 8.44. The van der Waals surface area contributed by atoms with Crippen LogP contribution in [0.3, 0.4) is 0 Å². The summed E-state index contributed by atoms with van der Waals surface area (Å²) >= 11 is 1.41. The molecule has 3 aromatic rings. The van der Waals surface area contributed by atoms with Crippen molar-refractivity contribution in [3.63, 3.8) is 0 Å². The Hall–Kier alpha value is -3.60. The summed E-state index contributed by atoms with van der Waals surface area (Å²) in [6.07, 6.45) is 1.83. The van der Waals surface area contributed by atoms with Gasteiger partial charge in [0.15, 0.2) is 0 Å². The van der Waals surface area contributed by atoms with Crippen molar-refractivity contribution in [3.05, 3.63) is 89.5 Å². The first-order valence-corrected chi connectivity index (χ1v) is 12.0. The Morgan fingerprint density at radius 1 is 1.03 bits per heavy atom. The summed E-state index contributed by atoms with van der Waals surface area (Å²) in [6.45, 7) is 2.39. The maximum Gasteiger partial charge on any atom is 0.256 e. The monoisotopic (exact) mass is 470 g/mol. The smallest absolute Gasteiger partial charge is 0.256 e. The van der Waals surface area contributed by atoms with Crippen molar-refractivity contribution in [1.29, 1.82) is 5.26 Å². The molecular weight excluding hydrogens is 444 g/mol. The summed E-state index contributed by atoms with van der Waals surface area (Å²) in [5, 5.41) is 12.3. The fraction of sp³-hybridized carbons (Fsp3) is 0.222. The number of rotatable bonds is 7. The Morgan fingerprint density at radius 2 is 1.74 bits per heavy atom. The van der Waals surface area contributed by atoms with Gasteiger partial charge in [-0.25, -0.2) is 0 Å². The molecule has 1 atom stereocenters. The highest BCUT2D eigenvalue weighted by Crippen LogP contribution is 2.33. The summed E-state index contributed by atoms with van der Waals surface area (Å²) in [7, 11) is 0. The molecule has 1 aliphatic heterocycles. The van der Waals surface area contributed by atoms with E-state index in [9.17, 15) is 14.9 Å². The van der Waals surface area contributed by atoms with Gasteiger partial charge in [-0.3, -0.25) is 14.5 Å². The highest BCUT2D eigenvalue weighted by atomic mass is 32.2. The molecule has 3 N–H and O–H groups in total. The largest absolute Gasteiger partial charge is 0.369 e. The lowest BCUT2D eigenvalue weighted by atomic mass is 9.97. The number of hydrogen-bond donors (Lipinski definition) is 2. The summed E-state index contributed by atoms with van der Waals surface area (Å²) in [4.78, 5) is 28.4. The minimum Gasteiger partial charge on any atom is -0.369 e. The number of nitriles is 1. The second-order valence-corrected chi connectivity index (χ2v) is 9.42. The Bertz CT molecular complexity index is 1220. The van der Waals surface area contributed by atoms with Crippen LogP contribution in [-0.2, 0) is 11.3 Å². The number of primary amides is 1. The molecule has 3 aromatic carbocycles. The first kappa shape index (κ1) is 23.6. The van der Waals surface area contributed by atoms with Crippen LogP contribution in [0.1, 0.15) is 34.3 Å². The predicted octanol–water partition coefficient (Wildman–Crippen LogP) is 4.66. The third-order valence-electron chi connectivity index (χ3n) is 5.88. The summed E-state index contributed by atoms with van der Waals surface area (Å²) < 4.78 is 0. The number of amides is 2. The lowest BCUT2D eigenvalue weighted by Crippen LogP contribution is -2.40.